The first-order chi connectivity index (χ1) is 45.0. The topological polar surface area (TPSA) is 543 Å². The molecule has 0 saturated carbocycles. The summed E-state index contributed by atoms with van der Waals surface area (Å²) in [6, 6.07) is 18.3. The van der Waals surface area contributed by atoms with Crippen molar-refractivity contribution in [3.05, 3.63) is 155 Å². The van der Waals surface area contributed by atoms with Gasteiger partial charge in [-0.2, -0.15) is 0 Å². The highest BCUT2D eigenvalue weighted by Gasteiger charge is 2.29. The number of thiophene rings is 3. The normalized spacial score (nSPS) is 12.5. The molecule has 512 valence electrons. The van der Waals surface area contributed by atoms with E-state index in [4.69, 9.17) is 73.2 Å². The molecule has 35 heteroatoms. The maximum absolute atomic E-state index is 14.1. The van der Waals surface area contributed by atoms with Crippen LogP contribution in [0.1, 0.15) is 107 Å². The van der Waals surface area contributed by atoms with Crippen molar-refractivity contribution in [1.82, 2.24) is 16.0 Å². The summed E-state index contributed by atoms with van der Waals surface area (Å²) in [5.41, 5.74) is 16.7. The second-order valence-corrected chi connectivity index (χ2v) is 24.3. The van der Waals surface area contributed by atoms with E-state index < -0.39 is 139 Å². The van der Waals surface area contributed by atoms with Crippen molar-refractivity contribution in [2.45, 2.75) is 90.1 Å². The van der Waals surface area contributed by atoms with Gasteiger partial charge in [0.15, 0.2) is 29.4 Å². The van der Waals surface area contributed by atoms with Gasteiger partial charge in [-0.05, 0) is 123 Å². The summed E-state index contributed by atoms with van der Waals surface area (Å²) in [4.78, 5) is 131. The van der Waals surface area contributed by atoms with E-state index in [-0.39, 0.29) is 81.3 Å². The Morgan fingerprint density at radius 1 is 0.469 bits per heavy atom. The van der Waals surface area contributed by atoms with E-state index in [0.717, 1.165) is 46.1 Å². The zero-order valence-corrected chi connectivity index (χ0v) is 53.2. The van der Waals surface area contributed by atoms with Crippen LogP contribution in [-0.4, -0.2) is 143 Å². The van der Waals surface area contributed by atoms with Crippen LogP contribution in [0, 0.1) is 45.6 Å². The van der Waals surface area contributed by atoms with Crippen molar-refractivity contribution >= 4 is 117 Å². The quantitative estimate of drug-likeness (QED) is 0.00947. The Morgan fingerprint density at radius 3 is 1.16 bits per heavy atom. The van der Waals surface area contributed by atoms with Gasteiger partial charge in [0, 0.05) is 55.5 Å². The molecule has 0 aliphatic carbocycles. The number of hydrogen-bond donors (Lipinski definition) is 16. The van der Waals surface area contributed by atoms with Crippen molar-refractivity contribution in [2.75, 3.05) is 0 Å². The number of nitrogen functional groups attached to an aromatic ring is 3. The summed E-state index contributed by atoms with van der Waals surface area (Å²) in [7, 11) is 0. The molecule has 0 aliphatic heterocycles. The number of ether oxygens (including phenoxy) is 3. The Morgan fingerprint density at radius 2 is 0.823 bits per heavy atom. The van der Waals surface area contributed by atoms with Crippen molar-refractivity contribution < 1.29 is 111 Å². The van der Waals surface area contributed by atoms with E-state index in [1.54, 1.807) is 57.2 Å². The van der Waals surface area contributed by atoms with Gasteiger partial charge in [0.1, 0.15) is 50.0 Å². The summed E-state index contributed by atoms with van der Waals surface area (Å²) in [6.45, 7) is 4.69. The number of hydrogen-bond acceptors (Lipinski definition) is 22. The number of carbonyl (C=O) groups is 11. The van der Waals surface area contributed by atoms with Gasteiger partial charge in [0.05, 0.1) is 18.9 Å². The maximum Gasteiger partial charge on any atom is 0.353 e. The number of aliphatic hydroxyl groups excluding tert-OH is 1. The van der Waals surface area contributed by atoms with E-state index in [2.05, 4.69) is 16.0 Å². The van der Waals surface area contributed by atoms with Crippen molar-refractivity contribution in [1.29, 1.82) is 16.2 Å². The molecular formula is C61H65F2N9O21S3. The van der Waals surface area contributed by atoms with Gasteiger partial charge in [-0.3, -0.25) is 45.0 Å². The molecule has 3 aromatic heterocycles. The highest BCUT2D eigenvalue weighted by atomic mass is 32.1. The smallest absolute Gasteiger partial charge is 0.353 e. The Hall–Kier alpha value is -10.9. The number of nitrogens with one attached hydrogen (secondary N) is 6. The predicted molar refractivity (Wildman–Crippen MR) is 339 cm³/mol. The third-order valence-corrected chi connectivity index (χ3v) is 16.3. The lowest BCUT2D eigenvalue weighted by molar-refractivity contribution is -0.147. The molecule has 30 nitrogen and oxygen atoms in total. The average molecular weight is 1390 g/mol. The Balaban J connectivity index is 0.000000306. The first-order valence-electron chi connectivity index (χ1n) is 28.0. The van der Waals surface area contributed by atoms with Gasteiger partial charge in [-0.25, -0.2) is 32.8 Å². The molecule has 0 spiro atoms. The summed E-state index contributed by atoms with van der Waals surface area (Å²) >= 11 is 3.20. The molecule has 0 radical (unpaired) electrons. The van der Waals surface area contributed by atoms with Gasteiger partial charge in [0.25, 0.3) is 0 Å². The van der Waals surface area contributed by atoms with Crippen molar-refractivity contribution in [3.8, 4) is 17.2 Å². The molecule has 19 N–H and O–H groups in total. The number of amidine groups is 3. The number of amides is 3. The molecule has 0 fully saturated rings. The number of rotatable bonds is 31. The SMILES string of the molecule is CC(Cc1ccc(C(=O)Oc2ccc(C(=N)N)cc2)s1)C(=O)N[C@H](CC(=O)O)C(=O)O.CC(Cc1ccc(C(=O)Oc2ccc(C(=N)N)cc2F)s1)C(=O)N[C@@H](CCC(=O)O)C(=O)O.CC(Cc1ccc(C(=O)Oc2ccc(C(=N)N)cc2F)s1)C(=O)N[C@H](CC(=O)O)C(O)O. The minimum Gasteiger partial charge on any atom is -0.481 e. The zero-order valence-electron chi connectivity index (χ0n) is 50.8. The molecule has 0 saturated heterocycles. The molecule has 96 heavy (non-hydrogen) atoms. The second kappa shape index (κ2) is 36.5. The maximum atomic E-state index is 14.1. The van der Waals surface area contributed by atoms with Crippen LogP contribution in [0.5, 0.6) is 17.2 Å². The van der Waals surface area contributed by atoms with Crippen molar-refractivity contribution in [3.63, 3.8) is 0 Å². The third-order valence-electron chi connectivity index (χ3n) is 13.1. The number of nitrogens with two attached hydrogens (primary N) is 3. The van der Waals surface area contributed by atoms with E-state index in [9.17, 15) is 71.7 Å². The highest BCUT2D eigenvalue weighted by Crippen LogP contribution is 2.28. The number of halogens is 2. The van der Waals surface area contributed by atoms with Crippen LogP contribution in [0.4, 0.5) is 8.78 Å². The van der Waals surface area contributed by atoms with Crippen LogP contribution in [0.15, 0.2) is 97.1 Å². The van der Waals surface area contributed by atoms with Crippen molar-refractivity contribution in [2.24, 2.45) is 35.0 Å². The minimum absolute atomic E-state index is 0.100. The summed E-state index contributed by atoms with van der Waals surface area (Å²) in [6.07, 6.45) is -3.46. The van der Waals surface area contributed by atoms with Gasteiger partial charge in [0.2, 0.25) is 17.7 Å². The van der Waals surface area contributed by atoms with Gasteiger partial charge < -0.3 is 83.1 Å². The van der Waals surface area contributed by atoms with Crippen LogP contribution in [0.3, 0.4) is 0 Å². The van der Waals surface area contributed by atoms with Crippen LogP contribution >= 0.6 is 34.0 Å². The lowest BCUT2D eigenvalue weighted by Gasteiger charge is -2.20. The molecule has 3 aromatic carbocycles. The average Bonchev–Trinajstić information content (AvgIpc) is 1.53. The lowest BCUT2D eigenvalue weighted by atomic mass is 10.0. The largest absolute Gasteiger partial charge is 0.481 e. The standard InChI is InChI=1S/C21H22FN3O7S.C20H22FN3O7S.C20H21N3O7S/c1-10(19(28)25-14(20(29)30)4-7-17(26)27)8-12-3-6-16(33-12)21(31)32-15-5-2-11(18(23)24)9-13(15)22;1-9(18(27)24-13(19(28)29)8-16(25)26)6-11-3-5-15(32-11)20(30)31-14-4-2-10(17(22)23)7-12(14)21;1-10(18(26)23-14(19(27)28)9-16(24)25)8-13-6-7-15(31-13)20(29)30-12-4-2-11(3-5-12)17(21)22/h2-3,5-6,9-10,14H,4,7-8H2,1H3,(H3,23,24)(H,25,28)(H,26,27)(H,29,30);2-5,7,9,13,19,28-29H,6,8H2,1H3,(H3,22,23)(H,24,27)(H,25,26);2-7,10,14H,8-9H2,1H3,(H3,21,22)(H,23,26)(H,24,25)(H,27,28)/t10?,14-;9?,13-;10?,14-/m011/s1. The number of carbonyl (C=O) groups excluding carboxylic acids is 6. The Labute approximate surface area is 555 Å². The molecule has 6 rings (SSSR count). The monoisotopic (exact) mass is 1390 g/mol. The number of benzene rings is 3. The molecule has 0 bridgehead atoms. The second-order valence-electron chi connectivity index (χ2n) is 20.8. The Kier molecular flexibility index (Phi) is 29.5. The molecule has 0 aliphatic rings. The fourth-order valence-corrected chi connectivity index (χ4v) is 10.9. The zero-order chi connectivity index (χ0) is 71.8. The van der Waals surface area contributed by atoms with Gasteiger partial charge in [-0.1, -0.05) is 20.8 Å². The molecule has 3 heterocycles. The number of esters is 3. The highest BCUT2D eigenvalue weighted by molar-refractivity contribution is 7.14. The van der Waals surface area contributed by atoms with Gasteiger partial charge >= 0.3 is 47.8 Å². The van der Waals surface area contributed by atoms with Crippen LogP contribution in [0.25, 0.3) is 0 Å². The van der Waals surface area contributed by atoms with Gasteiger partial charge in [-0.15, -0.1) is 34.0 Å². The molecule has 6 atom stereocenters. The fourth-order valence-electron chi connectivity index (χ4n) is 7.91. The van der Waals surface area contributed by atoms with E-state index in [1.165, 1.54) is 48.5 Å². The first kappa shape index (κ1) is 77.6. The van der Waals surface area contributed by atoms with E-state index in [1.807, 2.05) is 0 Å². The minimum atomic E-state index is -2.03. The number of carboxylic acids is 5. The predicted octanol–water partition coefficient (Wildman–Crippen LogP) is 4.32. The van der Waals surface area contributed by atoms with Crippen LogP contribution < -0.4 is 47.4 Å². The third kappa shape index (κ3) is 25.2. The fraction of sp³-hybridized carbons (Fsp3) is 0.279. The summed E-state index contributed by atoms with van der Waals surface area (Å²) in [5.74, 6) is -15.3. The molecule has 3 amide bonds. The Bertz CT molecular complexity index is 3890. The molecular weight excluding hydrogens is 1330 g/mol. The molecule has 3 unspecified atom stereocenters. The van der Waals surface area contributed by atoms with E-state index in [0.29, 0.717) is 25.1 Å². The number of aliphatic hydroxyl groups is 2. The number of aliphatic carboxylic acids is 5. The first-order valence-corrected chi connectivity index (χ1v) is 30.5. The summed E-state index contributed by atoms with van der Waals surface area (Å²) < 4.78 is 43.5. The van der Waals surface area contributed by atoms with Crippen LogP contribution in [0.2, 0.25) is 0 Å². The molecule has 6 aromatic rings. The summed E-state index contributed by atoms with van der Waals surface area (Å²) in [5, 5.41) is 91.6. The van der Waals surface area contributed by atoms with E-state index >= 15 is 0 Å². The lowest BCUT2D eigenvalue weighted by Crippen LogP contribution is -2.46. The number of carboxylic acid groups (broad SMARTS) is 5. The van der Waals surface area contributed by atoms with Crippen LogP contribution in [-0.2, 0) is 57.6 Å².